The topological polar surface area (TPSA) is 97.3 Å². The number of nitrogens with one attached hydrogen (secondary N) is 1. The van der Waals surface area contributed by atoms with Crippen LogP contribution in [0, 0.1) is 18.7 Å². The average molecular weight is 605 g/mol. The van der Waals surface area contributed by atoms with E-state index in [1.54, 1.807) is 29.2 Å². The third-order valence-electron chi connectivity index (χ3n) is 8.46. The number of benzene rings is 3. The summed E-state index contributed by atoms with van der Waals surface area (Å²) in [4.78, 5) is 28.4. The first-order valence-corrected chi connectivity index (χ1v) is 15.4. The maximum atomic E-state index is 15.8. The summed E-state index contributed by atoms with van der Waals surface area (Å²) in [6.45, 7) is 9.50. The first kappa shape index (κ1) is 31.3. The molecule has 5 rings (SSSR count). The molecule has 2 N–H and O–H groups in total. The SMILES string of the molecule is CCCOc1ccc([C@H]2[C@H](C(=O)O)[C@@H](c3ccc4c(c3)OCCO4)CN2CC(=O)Nc2c(CC)cc(C)cc2CC)c(F)c1. The van der Waals surface area contributed by atoms with Crippen molar-refractivity contribution in [3.63, 3.8) is 0 Å². The van der Waals surface area contributed by atoms with E-state index in [2.05, 4.69) is 17.4 Å². The summed E-state index contributed by atoms with van der Waals surface area (Å²) < 4.78 is 32.8. The Balaban J connectivity index is 1.51. The van der Waals surface area contributed by atoms with E-state index in [0.29, 0.717) is 37.1 Å². The lowest BCUT2D eigenvalue weighted by atomic mass is 9.82. The van der Waals surface area contributed by atoms with E-state index in [1.165, 1.54) is 6.07 Å². The predicted octanol–water partition coefficient (Wildman–Crippen LogP) is 6.30. The van der Waals surface area contributed by atoms with E-state index in [4.69, 9.17) is 14.2 Å². The van der Waals surface area contributed by atoms with Gasteiger partial charge in [0.25, 0.3) is 0 Å². The third kappa shape index (κ3) is 6.53. The van der Waals surface area contributed by atoms with Gasteiger partial charge in [-0.25, -0.2) is 4.39 Å². The number of hydrogen-bond donors (Lipinski definition) is 2. The van der Waals surface area contributed by atoms with Crippen molar-refractivity contribution in [2.75, 3.05) is 38.2 Å². The number of nitrogens with zero attached hydrogens (tertiary/aromatic N) is 1. The minimum absolute atomic E-state index is 0.108. The van der Waals surface area contributed by atoms with Crippen LogP contribution in [0.25, 0.3) is 0 Å². The highest BCUT2D eigenvalue weighted by atomic mass is 19.1. The van der Waals surface area contributed by atoms with Crippen LogP contribution in [0.4, 0.5) is 10.1 Å². The molecular weight excluding hydrogens is 563 g/mol. The van der Waals surface area contributed by atoms with Crippen molar-refractivity contribution in [3.05, 3.63) is 82.2 Å². The molecule has 1 fully saturated rings. The summed E-state index contributed by atoms with van der Waals surface area (Å²) in [5, 5.41) is 13.7. The van der Waals surface area contributed by atoms with E-state index < -0.39 is 29.7 Å². The van der Waals surface area contributed by atoms with Crippen LogP contribution in [0.1, 0.15) is 67.0 Å². The number of carbonyl (C=O) groups is 2. The van der Waals surface area contributed by atoms with Crippen molar-refractivity contribution in [1.29, 1.82) is 0 Å². The summed E-state index contributed by atoms with van der Waals surface area (Å²) in [6.07, 6.45) is 2.27. The van der Waals surface area contributed by atoms with Crippen LogP contribution in [0.3, 0.4) is 0 Å². The van der Waals surface area contributed by atoms with Gasteiger partial charge in [-0.2, -0.15) is 0 Å². The Morgan fingerprint density at radius 3 is 2.34 bits per heavy atom. The van der Waals surface area contributed by atoms with Crippen LogP contribution in [0.2, 0.25) is 0 Å². The second kappa shape index (κ2) is 13.7. The van der Waals surface area contributed by atoms with Crippen molar-refractivity contribution in [1.82, 2.24) is 4.90 Å². The van der Waals surface area contributed by atoms with Gasteiger partial charge >= 0.3 is 5.97 Å². The highest BCUT2D eigenvalue weighted by molar-refractivity contribution is 5.94. The average Bonchev–Trinajstić information content (AvgIpc) is 3.39. The molecule has 0 aromatic heterocycles. The van der Waals surface area contributed by atoms with E-state index in [0.717, 1.165) is 47.2 Å². The molecule has 1 saturated heterocycles. The number of hydrogen-bond acceptors (Lipinski definition) is 6. The Hall–Kier alpha value is -4.11. The summed E-state index contributed by atoms with van der Waals surface area (Å²) >= 11 is 0. The van der Waals surface area contributed by atoms with Crippen LogP contribution in [-0.4, -0.2) is 54.8 Å². The fourth-order valence-electron chi connectivity index (χ4n) is 6.47. The Morgan fingerprint density at radius 2 is 1.70 bits per heavy atom. The lowest BCUT2D eigenvalue weighted by Crippen LogP contribution is -2.36. The summed E-state index contributed by atoms with van der Waals surface area (Å²) in [7, 11) is 0. The number of carbonyl (C=O) groups excluding carboxylic acids is 1. The molecule has 3 aromatic carbocycles. The maximum absolute atomic E-state index is 15.8. The Labute approximate surface area is 258 Å². The van der Waals surface area contributed by atoms with Gasteiger partial charge in [0.1, 0.15) is 24.8 Å². The largest absolute Gasteiger partial charge is 0.494 e. The van der Waals surface area contributed by atoms with Gasteiger partial charge < -0.3 is 24.6 Å². The molecule has 0 bridgehead atoms. The van der Waals surface area contributed by atoms with Gasteiger partial charge in [-0.15, -0.1) is 0 Å². The molecule has 3 atom stereocenters. The molecule has 0 spiro atoms. The summed E-state index contributed by atoms with van der Waals surface area (Å²) in [5.74, 6) is -1.95. The number of likely N-dealkylation sites (tertiary alicyclic amines) is 1. The third-order valence-corrected chi connectivity index (χ3v) is 8.46. The normalized spacial score (nSPS) is 19.5. The smallest absolute Gasteiger partial charge is 0.309 e. The second-order valence-corrected chi connectivity index (χ2v) is 11.5. The van der Waals surface area contributed by atoms with Crippen molar-refractivity contribution in [2.24, 2.45) is 5.92 Å². The lowest BCUT2D eigenvalue weighted by molar-refractivity contribution is -0.143. The molecule has 9 heteroatoms. The highest BCUT2D eigenvalue weighted by Crippen LogP contribution is 2.48. The fraction of sp³-hybridized carbons (Fsp3) is 0.429. The minimum Gasteiger partial charge on any atom is -0.494 e. The monoisotopic (exact) mass is 604 g/mol. The number of aryl methyl sites for hydroxylation is 3. The molecule has 44 heavy (non-hydrogen) atoms. The van der Waals surface area contributed by atoms with Crippen LogP contribution >= 0.6 is 0 Å². The number of ether oxygens (including phenoxy) is 3. The van der Waals surface area contributed by atoms with E-state index in [-0.39, 0.29) is 24.6 Å². The molecule has 8 nitrogen and oxygen atoms in total. The molecule has 0 unspecified atom stereocenters. The number of aliphatic carboxylic acids is 1. The molecule has 0 aliphatic carbocycles. The Bertz CT molecular complexity index is 1500. The molecule has 2 heterocycles. The van der Waals surface area contributed by atoms with E-state index in [9.17, 15) is 14.7 Å². The Morgan fingerprint density at radius 1 is 1.00 bits per heavy atom. The second-order valence-electron chi connectivity index (χ2n) is 11.5. The number of halogens is 1. The van der Waals surface area contributed by atoms with Crippen molar-refractivity contribution < 1.29 is 33.3 Å². The van der Waals surface area contributed by atoms with Gasteiger partial charge in [-0.05, 0) is 61.1 Å². The number of amides is 1. The summed E-state index contributed by atoms with van der Waals surface area (Å²) in [5.41, 5.74) is 4.96. The number of anilines is 1. The van der Waals surface area contributed by atoms with Gasteiger partial charge in [0, 0.05) is 29.8 Å². The van der Waals surface area contributed by atoms with Gasteiger partial charge in [-0.1, -0.05) is 50.6 Å². The van der Waals surface area contributed by atoms with Crippen LogP contribution in [-0.2, 0) is 22.4 Å². The minimum atomic E-state index is -1.07. The number of carboxylic acid groups (broad SMARTS) is 1. The molecule has 2 aliphatic heterocycles. The molecule has 0 saturated carbocycles. The van der Waals surface area contributed by atoms with Gasteiger partial charge in [0.2, 0.25) is 5.91 Å². The quantitative estimate of drug-likeness (QED) is 0.265. The number of fused-ring (bicyclic) bond motifs is 1. The van der Waals surface area contributed by atoms with Crippen molar-refractivity contribution in [2.45, 2.75) is 58.9 Å². The Kier molecular flexibility index (Phi) is 9.74. The zero-order chi connectivity index (χ0) is 31.4. The molecule has 234 valence electrons. The predicted molar refractivity (Wildman–Crippen MR) is 166 cm³/mol. The van der Waals surface area contributed by atoms with Crippen LogP contribution < -0.4 is 19.5 Å². The lowest BCUT2D eigenvalue weighted by Gasteiger charge is -2.28. The highest BCUT2D eigenvalue weighted by Gasteiger charge is 2.49. The van der Waals surface area contributed by atoms with Crippen LogP contribution in [0.15, 0.2) is 48.5 Å². The fourth-order valence-corrected chi connectivity index (χ4v) is 6.47. The summed E-state index contributed by atoms with van der Waals surface area (Å²) in [6, 6.07) is 13.2. The number of carboxylic acids is 1. The molecular formula is C35H41FN2O6. The first-order chi connectivity index (χ1) is 21.2. The molecule has 2 aliphatic rings. The molecule has 3 aromatic rings. The molecule has 0 radical (unpaired) electrons. The van der Waals surface area contributed by atoms with Crippen molar-refractivity contribution in [3.8, 4) is 17.2 Å². The van der Waals surface area contributed by atoms with Crippen LogP contribution in [0.5, 0.6) is 17.2 Å². The number of rotatable bonds is 11. The van der Waals surface area contributed by atoms with Gasteiger partial charge in [0.15, 0.2) is 11.5 Å². The molecule has 1 amide bonds. The maximum Gasteiger partial charge on any atom is 0.309 e. The van der Waals surface area contributed by atoms with E-state index in [1.807, 2.05) is 33.8 Å². The first-order valence-electron chi connectivity index (χ1n) is 15.4. The van der Waals surface area contributed by atoms with Crippen molar-refractivity contribution >= 4 is 17.6 Å². The standard InChI is InChI=1S/C35H41FN2O6/c1-5-12-42-25-9-10-26(28(36)18-25)34-32(35(40)41)27(24-8-11-29-30(17-24)44-14-13-43-29)19-38(34)20-31(39)37-33-22(6-2)15-21(4)16-23(33)7-3/h8-11,15-18,27,32,34H,5-7,12-14,19-20H2,1-4H3,(H,37,39)(H,40,41)/t27-,32-,34+/m1/s1. The van der Waals surface area contributed by atoms with Gasteiger partial charge in [0.05, 0.1) is 25.1 Å². The zero-order valence-electron chi connectivity index (χ0n) is 25.8. The zero-order valence-corrected chi connectivity index (χ0v) is 25.8. The van der Waals surface area contributed by atoms with Gasteiger partial charge in [-0.3, -0.25) is 14.5 Å². The van der Waals surface area contributed by atoms with E-state index >= 15 is 4.39 Å².